The molecule has 19 heavy (non-hydrogen) atoms. The lowest BCUT2D eigenvalue weighted by Gasteiger charge is -2.06. The minimum Gasteiger partial charge on any atom is -0.337 e. The molecule has 2 N–H and O–H groups in total. The molecule has 0 unspecified atom stereocenters. The Kier molecular flexibility index (Phi) is 4.35. The van der Waals surface area contributed by atoms with Gasteiger partial charge in [-0.2, -0.15) is 5.10 Å². The predicted octanol–water partition coefficient (Wildman–Crippen LogP) is 1.83. The average Bonchev–Trinajstić information content (AvgIpc) is 2.75. The molecule has 0 radical (unpaired) electrons. The first-order chi connectivity index (χ1) is 9.13. The number of pyridine rings is 1. The zero-order chi connectivity index (χ0) is 13.7. The zero-order valence-corrected chi connectivity index (χ0v) is 11.2. The van der Waals surface area contributed by atoms with E-state index in [4.69, 9.17) is 11.6 Å². The number of rotatable bonds is 4. The monoisotopic (exact) mass is 279 g/mol. The van der Waals surface area contributed by atoms with E-state index in [0.717, 1.165) is 5.69 Å². The summed E-state index contributed by atoms with van der Waals surface area (Å²) in [6.45, 7) is 0.511. The van der Waals surface area contributed by atoms with Gasteiger partial charge in [-0.05, 0) is 12.1 Å². The molecule has 0 saturated heterocycles. The topological polar surface area (TPSA) is 71.8 Å². The lowest BCUT2D eigenvalue weighted by Crippen LogP contribution is -2.30. The summed E-state index contributed by atoms with van der Waals surface area (Å²) in [5, 5.41) is 10.1. The van der Waals surface area contributed by atoms with Crippen molar-refractivity contribution in [3.8, 4) is 0 Å². The Balaban J connectivity index is 1.76. The Bertz CT molecular complexity index is 569. The fraction of sp³-hybridized carbons (Fsp3) is 0.250. The SMILES string of the molecule is Cn1ccc(CCNC(=O)Nc2cncc(Cl)c2)n1. The molecular weight excluding hydrogens is 266 g/mol. The third-order valence-corrected chi connectivity index (χ3v) is 2.60. The van der Waals surface area contributed by atoms with Crippen LogP contribution < -0.4 is 10.6 Å². The lowest BCUT2D eigenvalue weighted by molar-refractivity contribution is 0.252. The number of nitrogens with zero attached hydrogens (tertiary/aromatic N) is 3. The Hall–Kier alpha value is -2.08. The Morgan fingerprint density at radius 1 is 1.47 bits per heavy atom. The highest BCUT2D eigenvalue weighted by molar-refractivity contribution is 6.30. The third kappa shape index (κ3) is 4.26. The molecule has 2 aromatic rings. The second-order valence-electron chi connectivity index (χ2n) is 4.00. The van der Waals surface area contributed by atoms with Crippen molar-refractivity contribution in [1.29, 1.82) is 0 Å². The van der Waals surface area contributed by atoms with E-state index in [0.29, 0.717) is 23.7 Å². The van der Waals surface area contributed by atoms with Crippen molar-refractivity contribution in [2.75, 3.05) is 11.9 Å². The summed E-state index contributed by atoms with van der Waals surface area (Å²) in [7, 11) is 1.86. The Morgan fingerprint density at radius 2 is 2.32 bits per heavy atom. The molecule has 0 fully saturated rings. The van der Waals surface area contributed by atoms with Crippen molar-refractivity contribution in [2.24, 2.45) is 7.05 Å². The molecule has 0 saturated carbocycles. The molecule has 2 heterocycles. The van der Waals surface area contributed by atoms with Crippen LogP contribution in [-0.4, -0.2) is 27.3 Å². The molecule has 0 aliphatic carbocycles. The van der Waals surface area contributed by atoms with Gasteiger partial charge in [0.2, 0.25) is 0 Å². The first-order valence-corrected chi connectivity index (χ1v) is 6.15. The minimum atomic E-state index is -0.292. The Labute approximate surface area is 115 Å². The van der Waals surface area contributed by atoms with Crippen molar-refractivity contribution >= 4 is 23.3 Å². The van der Waals surface area contributed by atoms with Crippen LogP contribution in [0.15, 0.2) is 30.7 Å². The summed E-state index contributed by atoms with van der Waals surface area (Å²) in [5.41, 5.74) is 1.50. The van der Waals surface area contributed by atoms with Crippen LogP contribution in [0, 0.1) is 0 Å². The van der Waals surface area contributed by atoms with Crippen LogP contribution in [0.5, 0.6) is 0 Å². The van der Waals surface area contributed by atoms with Crippen molar-refractivity contribution in [1.82, 2.24) is 20.1 Å². The molecule has 2 aromatic heterocycles. The maximum Gasteiger partial charge on any atom is 0.319 e. The summed E-state index contributed by atoms with van der Waals surface area (Å²) in [6.07, 6.45) is 5.59. The lowest BCUT2D eigenvalue weighted by atomic mass is 10.3. The van der Waals surface area contributed by atoms with Gasteiger partial charge in [0.15, 0.2) is 0 Å². The highest BCUT2D eigenvalue weighted by atomic mass is 35.5. The number of hydrogen-bond donors (Lipinski definition) is 2. The summed E-state index contributed by atoms with van der Waals surface area (Å²) in [6, 6.07) is 3.26. The normalized spacial score (nSPS) is 10.2. The van der Waals surface area contributed by atoms with Crippen LogP contribution in [0.2, 0.25) is 5.02 Å². The van der Waals surface area contributed by atoms with Crippen LogP contribution in [0.1, 0.15) is 5.69 Å². The fourth-order valence-corrected chi connectivity index (χ4v) is 1.73. The molecule has 0 aliphatic heterocycles. The molecule has 2 amide bonds. The number of carbonyl (C=O) groups is 1. The minimum absolute atomic E-state index is 0.292. The van der Waals surface area contributed by atoms with Gasteiger partial charge in [-0.1, -0.05) is 11.6 Å². The van der Waals surface area contributed by atoms with E-state index in [-0.39, 0.29) is 6.03 Å². The fourth-order valence-electron chi connectivity index (χ4n) is 1.56. The third-order valence-electron chi connectivity index (χ3n) is 2.40. The number of nitrogens with one attached hydrogen (secondary N) is 2. The summed E-state index contributed by atoms with van der Waals surface area (Å²) >= 11 is 5.77. The van der Waals surface area contributed by atoms with Gasteiger partial charge < -0.3 is 10.6 Å². The van der Waals surface area contributed by atoms with Gasteiger partial charge in [-0.25, -0.2) is 4.79 Å². The number of amides is 2. The van der Waals surface area contributed by atoms with Crippen molar-refractivity contribution < 1.29 is 4.79 Å². The second kappa shape index (κ2) is 6.19. The molecule has 2 rings (SSSR count). The Morgan fingerprint density at radius 3 is 3.00 bits per heavy atom. The van der Waals surface area contributed by atoms with Crippen LogP contribution in [0.25, 0.3) is 0 Å². The molecule has 0 aliphatic rings. The van der Waals surface area contributed by atoms with Gasteiger partial charge in [-0.15, -0.1) is 0 Å². The standard InChI is InChI=1S/C12H14ClN5O/c1-18-5-3-10(17-18)2-4-15-12(19)16-11-6-9(13)7-14-8-11/h3,5-8H,2,4H2,1H3,(H2,15,16,19). The number of halogens is 1. The predicted molar refractivity (Wildman–Crippen MR) is 73.2 cm³/mol. The molecule has 100 valence electrons. The number of hydrogen-bond acceptors (Lipinski definition) is 3. The van der Waals surface area contributed by atoms with Gasteiger partial charge in [-0.3, -0.25) is 9.67 Å². The van der Waals surface area contributed by atoms with Gasteiger partial charge >= 0.3 is 6.03 Å². The molecule has 6 nitrogen and oxygen atoms in total. The quantitative estimate of drug-likeness (QED) is 0.897. The molecule has 0 bridgehead atoms. The van der Waals surface area contributed by atoms with E-state index in [1.165, 1.54) is 12.4 Å². The zero-order valence-electron chi connectivity index (χ0n) is 10.4. The van der Waals surface area contributed by atoms with E-state index < -0.39 is 0 Å². The molecule has 7 heteroatoms. The average molecular weight is 280 g/mol. The maximum atomic E-state index is 11.6. The molecule has 0 aromatic carbocycles. The van der Waals surface area contributed by atoms with Crippen LogP contribution in [0.4, 0.5) is 10.5 Å². The van der Waals surface area contributed by atoms with E-state index in [2.05, 4.69) is 20.7 Å². The van der Waals surface area contributed by atoms with E-state index >= 15 is 0 Å². The van der Waals surface area contributed by atoms with E-state index in [1.54, 1.807) is 10.7 Å². The van der Waals surface area contributed by atoms with Crippen molar-refractivity contribution in [3.63, 3.8) is 0 Å². The van der Waals surface area contributed by atoms with Crippen molar-refractivity contribution in [3.05, 3.63) is 41.4 Å². The number of anilines is 1. The molecule has 0 atom stereocenters. The number of aromatic nitrogens is 3. The summed E-state index contributed by atoms with van der Waals surface area (Å²) in [5.74, 6) is 0. The van der Waals surface area contributed by atoms with E-state index in [9.17, 15) is 4.79 Å². The second-order valence-corrected chi connectivity index (χ2v) is 4.44. The number of carbonyl (C=O) groups excluding carboxylic acids is 1. The summed E-state index contributed by atoms with van der Waals surface area (Å²) in [4.78, 5) is 15.5. The first-order valence-electron chi connectivity index (χ1n) is 5.77. The van der Waals surface area contributed by atoms with Crippen LogP contribution in [0.3, 0.4) is 0 Å². The molecular formula is C12H14ClN5O. The molecule has 0 spiro atoms. The maximum absolute atomic E-state index is 11.6. The van der Waals surface area contributed by atoms with Crippen LogP contribution >= 0.6 is 11.6 Å². The van der Waals surface area contributed by atoms with Gasteiger partial charge in [0.05, 0.1) is 22.6 Å². The smallest absolute Gasteiger partial charge is 0.319 e. The highest BCUT2D eigenvalue weighted by Crippen LogP contribution is 2.12. The van der Waals surface area contributed by atoms with Gasteiger partial charge in [0, 0.05) is 32.4 Å². The number of aryl methyl sites for hydroxylation is 1. The summed E-state index contributed by atoms with van der Waals surface area (Å²) < 4.78 is 1.73. The number of urea groups is 1. The largest absolute Gasteiger partial charge is 0.337 e. The van der Waals surface area contributed by atoms with Crippen LogP contribution in [-0.2, 0) is 13.5 Å². The van der Waals surface area contributed by atoms with Gasteiger partial charge in [0.1, 0.15) is 0 Å². The van der Waals surface area contributed by atoms with E-state index in [1.807, 2.05) is 19.3 Å². The van der Waals surface area contributed by atoms with Crippen molar-refractivity contribution in [2.45, 2.75) is 6.42 Å². The van der Waals surface area contributed by atoms with Gasteiger partial charge in [0.25, 0.3) is 0 Å². The first kappa shape index (κ1) is 13.4. The highest BCUT2D eigenvalue weighted by Gasteiger charge is 2.03.